The first kappa shape index (κ1) is 12.9. The number of likely N-dealkylation sites (tertiary alicyclic amines) is 1. The number of hydrogen-bond donors (Lipinski definition) is 0. The average Bonchev–Trinajstić information content (AvgIpc) is 2.26. The van der Waals surface area contributed by atoms with Gasteiger partial charge in [-0.2, -0.15) is 0 Å². The number of Topliss-reactive ketones (excluding diaryl/α,β-unsaturated/α-hetero) is 2. The molecule has 90 valence electrons. The van der Waals surface area contributed by atoms with Crippen molar-refractivity contribution in [3.63, 3.8) is 0 Å². The van der Waals surface area contributed by atoms with E-state index in [-0.39, 0.29) is 0 Å². The Hall–Kier alpha value is -1.19. The molecule has 1 aliphatic rings. The molecule has 16 heavy (non-hydrogen) atoms. The number of nitrogens with zero attached hydrogens (tertiary/aromatic N) is 1. The Balaban J connectivity index is 2.67. The van der Waals surface area contributed by atoms with Crippen LogP contribution in [0, 0.1) is 5.41 Å². The standard InChI is InChI=1S/C12H19NO3/c1-12(2,3)10(15)9(14)11(16)13-7-5-4-6-8-13/h4-8H2,1-3H3. The highest BCUT2D eigenvalue weighted by molar-refractivity contribution is 6.64. The lowest BCUT2D eigenvalue weighted by Gasteiger charge is -2.26. The normalized spacial score (nSPS) is 17.1. The molecule has 0 aromatic heterocycles. The van der Waals surface area contributed by atoms with E-state index in [0.717, 1.165) is 19.3 Å². The minimum Gasteiger partial charge on any atom is -0.336 e. The van der Waals surface area contributed by atoms with E-state index >= 15 is 0 Å². The fraction of sp³-hybridized carbons (Fsp3) is 0.750. The molecule has 0 unspecified atom stereocenters. The zero-order valence-corrected chi connectivity index (χ0v) is 10.2. The number of amides is 1. The number of rotatable bonds is 2. The SMILES string of the molecule is CC(C)(C)C(=O)C(=O)C(=O)N1CCCCC1. The lowest BCUT2D eigenvalue weighted by atomic mass is 9.88. The van der Waals surface area contributed by atoms with Gasteiger partial charge in [-0.1, -0.05) is 20.8 Å². The summed E-state index contributed by atoms with van der Waals surface area (Å²) in [6.45, 7) is 6.15. The molecule has 0 aromatic rings. The highest BCUT2D eigenvalue weighted by Crippen LogP contribution is 2.16. The van der Waals surface area contributed by atoms with E-state index in [1.807, 2.05) is 0 Å². The van der Waals surface area contributed by atoms with Crippen molar-refractivity contribution in [2.24, 2.45) is 5.41 Å². The van der Waals surface area contributed by atoms with Gasteiger partial charge in [0.2, 0.25) is 5.78 Å². The predicted molar refractivity (Wildman–Crippen MR) is 59.9 cm³/mol. The number of carbonyl (C=O) groups excluding carboxylic acids is 3. The highest BCUT2D eigenvalue weighted by atomic mass is 16.2. The smallest absolute Gasteiger partial charge is 0.298 e. The summed E-state index contributed by atoms with van der Waals surface area (Å²) >= 11 is 0. The summed E-state index contributed by atoms with van der Waals surface area (Å²) in [5.74, 6) is -2.09. The van der Waals surface area contributed by atoms with Gasteiger partial charge in [0, 0.05) is 18.5 Å². The van der Waals surface area contributed by atoms with Gasteiger partial charge in [-0.25, -0.2) is 0 Å². The summed E-state index contributed by atoms with van der Waals surface area (Å²) in [6, 6.07) is 0. The Morgan fingerprint density at radius 3 is 1.88 bits per heavy atom. The van der Waals surface area contributed by atoms with Crippen LogP contribution in [0.15, 0.2) is 0 Å². The van der Waals surface area contributed by atoms with E-state index in [9.17, 15) is 14.4 Å². The van der Waals surface area contributed by atoms with Crippen molar-refractivity contribution in [1.82, 2.24) is 4.90 Å². The van der Waals surface area contributed by atoms with Crippen LogP contribution in [0.2, 0.25) is 0 Å². The van der Waals surface area contributed by atoms with E-state index in [2.05, 4.69) is 0 Å². The first-order valence-corrected chi connectivity index (χ1v) is 5.72. The third-order valence-electron chi connectivity index (χ3n) is 2.72. The summed E-state index contributed by atoms with van der Waals surface area (Å²) in [5.41, 5.74) is -0.775. The third-order valence-corrected chi connectivity index (χ3v) is 2.72. The Kier molecular flexibility index (Phi) is 3.83. The molecule has 0 atom stereocenters. The number of hydrogen-bond acceptors (Lipinski definition) is 3. The van der Waals surface area contributed by atoms with Gasteiger partial charge in [0.25, 0.3) is 11.7 Å². The lowest BCUT2D eigenvalue weighted by molar-refractivity contribution is -0.152. The predicted octanol–water partition coefficient (Wildman–Crippen LogP) is 1.18. The van der Waals surface area contributed by atoms with E-state index in [1.165, 1.54) is 4.90 Å². The minimum absolute atomic E-state index is 0.594. The second-order valence-corrected chi connectivity index (χ2v) is 5.26. The monoisotopic (exact) mass is 225 g/mol. The molecule has 1 saturated heterocycles. The molecular weight excluding hydrogens is 206 g/mol. The van der Waals surface area contributed by atoms with E-state index in [4.69, 9.17) is 0 Å². The molecule has 1 aliphatic heterocycles. The molecule has 0 saturated carbocycles. The van der Waals surface area contributed by atoms with Crippen molar-refractivity contribution in [1.29, 1.82) is 0 Å². The van der Waals surface area contributed by atoms with Crippen molar-refractivity contribution in [3.05, 3.63) is 0 Å². The molecular formula is C12H19NO3. The molecule has 0 aliphatic carbocycles. The van der Waals surface area contributed by atoms with Crippen LogP contribution in [0.1, 0.15) is 40.0 Å². The fourth-order valence-electron chi connectivity index (χ4n) is 1.68. The minimum atomic E-state index is -0.866. The molecule has 1 fully saturated rings. The zero-order valence-electron chi connectivity index (χ0n) is 10.2. The van der Waals surface area contributed by atoms with Crippen LogP contribution in [0.3, 0.4) is 0 Å². The molecule has 4 nitrogen and oxygen atoms in total. The van der Waals surface area contributed by atoms with Crippen LogP contribution in [0.5, 0.6) is 0 Å². The summed E-state index contributed by atoms with van der Waals surface area (Å²) in [4.78, 5) is 36.5. The largest absolute Gasteiger partial charge is 0.336 e. The molecule has 4 heteroatoms. The molecule has 0 radical (unpaired) electrons. The molecule has 0 aromatic carbocycles. The summed E-state index contributed by atoms with van der Waals surface area (Å²) < 4.78 is 0. The Bertz CT molecular complexity index is 309. The van der Waals surface area contributed by atoms with Gasteiger partial charge in [0.1, 0.15) is 0 Å². The molecule has 1 amide bonds. The van der Waals surface area contributed by atoms with E-state index < -0.39 is 22.9 Å². The van der Waals surface area contributed by atoms with Gasteiger partial charge in [-0.05, 0) is 19.3 Å². The van der Waals surface area contributed by atoms with Crippen LogP contribution >= 0.6 is 0 Å². The average molecular weight is 225 g/mol. The number of piperidine rings is 1. The first-order valence-electron chi connectivity index (χ1n) is 5.72. The lowest BCUT2D eigenvalue weighted by Crippen LogP contribution is -2.45. The van der Waals surface area contributed by atoms with Gasteiger partial charge < -0.3 is 4.90 Å². The number of carbonyl (C=O) groups is 3. The molecule has 0 spiro atoms. The van der Waals surface area contributed by atoms with Crippen LogP contribution in [-0.4, -0.2) is 35.5 Å². The van der Waals surface area contributed by atoms with Gasteiger partial charge in [-0.15, -0.1) is 0 Å². The molecule has 0 N–H and O–H groups in total. The Morgan fingerprint density at radius 2 is 1.44 bits per heavy atom. The van der Waals surface area contributed by atoms with Crippen molar-refractivity contribution in [2.75, 3.05) is 13.1 Å². The van der Waals surface area contributed by atoms with Gasteiger partial charge in [-0.3, -0.25) is 14.4 Å². The number of ketones is 2. The zero-order chi connectivity index (χ0) is 12.3. The maximum atomic E-state index is 11.7. The van der Waals surface area contributed by atoms with Crippen molar-refractivity contribution in [3.8, 4) is 0 Å². The van der Waals surface area contributed by atoms with Crippen molar-refractivity contribution >= 4 is 17.5 Å². The summed E-state index contributed by atoms with van der Waals surface area (Å²) in [5, 5.41) is 0. The molecule has 1 rings (SSSR count). The van der Waals surface area contributed by atoms with Crippen LogP contribution in [-0.2, 0) is 14.4 Å². The molecule has 0 bridgehead atoms. The second kappa shape index (κ2) is 4.76. The summed E-state index contributed by atoms with van der Waals surface area (Å²) in [6.07, 6.45) is 2.93. The topological polar surface area (TPSA) is 54.5 Å². The Labute approximate surface area is 96.0 Å². The van der Waals surface area contributed by atoms with Crippen LogP contribution in [0.4, 0.5) is 0 Å². The van der Waals surface area contributed by atoms with Gasteiger partial charge in [0.15, 0.2) is 0 Å². The molecule has 1 heterocycles. The second-order valence-electron chi connectivity index (χ2n) is 5.26. The Morgan fingerprint density at radius 1 is 0.938 bits per heavy atom. The van der Waals surface area contributed by atoms with E-state index in [0.29, 0.717) is 13.1 Å². The van der Waals surface area contributed by atoms with E-state index in [1.54, 1.807) is 20.8 Å². The van der Waals surface area contributed by atoms with Gasteiger partial charge >= 0.3 is 0 Å². The van der Waals surface area contributed by atoms with Crippen LogP contribution in [0.25, 0.3) is 0 Å². The van der Waals surface area contributed by atoms with Crippen LogP contribution < -0.4 is 0 Å². The van der Waals surface area contributed by atoms with Crippen molar-refractivity contribution < 1.29 is 14.4 Å². The maximum absolute atomic E-state index is 11.7. The first-order chi connectivity index (χ1) is 7.34. The summed E-state index contributed by atoms with van der Waals surface area (Å²) in [7, 11) is 0. The third kappa shape index (κ3) is 2.90. The fourth-order valence-corrected chi connectivity index (χ4v) is 1.68. The van der Waals surface area contributed by atoms with Crippen molar-refractivity contribution in [2.45, 2.75) is 40.0 Å². The maximum Gasteiger partial charge on any atom is 0.298 e. The quantitative estimate of drug-likeness (QED) is 0.524. The highest BCUT2D eigenvalue weighted by Gasteiger charge is 2.35. The van der Waals surface area contributed by atoms with Gasteiger partial charge in [0.05, 0.1) is 0 Å².